The summed E-state index contributed by atoms with van der Waals surface area (Å²) in [6.45, 7) is 8.15. The Morgan fingerprint density at radius 3 is 2.33 bits per heavy atom. The van der Waals surface area contributed by atoms with Crippen LogP contribution in [0.3, 0.4) is 0 Å². The van der Waals surface area contributed by atoms with Crippen molar-refractivity contribution >= 4 is 23.1 Å². The van der Waals surface area contributed by atoms with Crippen molar-refractivity contribution in [3.8, 4) is 23.0 Å². The van der Waals surface area contributed by atoms with Gasteiger partial charge >= 0.3 is 0 Å². The van der Waals surface area contributed by atoms with Gasteiger partial charge in [-0.15, -0.1) is 0 Å². The maximum Gasteiger partial charge on any atom is 0.300 e. The van der Waals surface area contributed by atoms with Crippen LogP contribution in [0, 0.1) is 6.92 Å². The molecular weight excluding hydrogens is 498 g/mol. The first-order chi connectivity index (χ1) is 18.5. The van der Waals surface area contributed by atoms with E-state index in [0.717, 1.165) is 11.1 Å². The lowest BCUT2D eigenvalue weighted by atomic mass is 9.84. The molecule has 0 aliphatic carbocycles. The molecule has 1 atom stereocenters. The molecule has 39 heavy (non-hydrogen) atoms. The number of ether oxygens (including phenoxy) is 4. The zero-order valence-corrected chi connectivity index (χ0v) is 22.8. The maximum absolute atomic E-state index is 13.7. The average molecular weight is 530 g/mol. The third-order valence-electron chi connectivity index (χ3n) is 7.16. The van der Waals surface area contributed by atoms with E-state index >= 15 is 0 Å². The molecule has 5 rings (SSSR count). The second kappa shape index (κ2) is 9.69. The lowest BCUT2D eigenvalue weighted by Crippen LogP contribution is -2.29. The van der Waals surface area contributed by atoms with Crippen molar-refractivity contribution in [2.75, 3.05) is 25.9 Å². The number of Topliss-reactive ketones (excluding diaryl/α,β-unsaturated/α-hetero) is 1. The Bertz CT molecular complexity index is 1520. The molecule has 2 heterocycles. The number of benzene rings is 3. The molecule has 3 aromatic carbocycles. The Balaban J connectivity index is 1.75. The van der Waals surface area contributed by atoms with Gasteiger partial charge in [-0.05, 0) is 59.4 Å². The van der Waals surface area contributed by atoms with Crippen molar-refractivity contribution < 1.29 is 33.6 Å². The number of anilines is 1. The molecule has 1 N–H and O–H groups in total. The van der Waals surface area contributed by atoms with Crippen LogP contribution in [0.25, 0.3) is 5.76 Å². The van der Waals surface area contributed by atoms with Crippen LogP contribution in [0.5, 0.6) is 23.0 Å². The number of aliphatic hydroxyl groups excluding tert-OH is 1. The van der Waals surface area contributed by atoms with Gasteiger partial charge in [0.15, 0.2) is 23.0 Å². The number of fused-ring (bicyclic) bond motifs is 1. The molecule has 2 aliphatic heterocycles. The lowest BCUT2D eigenvalue weighted by molar-refractivity contribution is -0.132. The molecule has 1 unspecified atom stereocenters. The number of aliphatic hydroxyl groups is 1. The van der Waals surface area contributed by atoms with Gasteiger partial charge in [0.05, 0.1) is 25.8 Å². The molecule has 1 fully saturated rings. The van der Waals surface area contributed by atoms with Crippen LogP contribution < -0.4 is 23.8 Å². The van der Waals surface area contributed by atoms with Gasteiger partial charge in [-0.25, -0.2) is 0 Å². The molecule has 0 bridgehead atoms. The molecule has 1 saturated heterocycles. The van der Waals surface area contributed by atoms with E-state index in [0.29, 0.717) is 39.8 Å². The number of carbonyl (C=O) groups is 2. The van der Waals surface area contributed by atoms with Crippen molar-refractivity contribution in [1.29, 1.82) is 0 Å². The van der Waals surface area contributed by atoms with E-state index in [-0.39, 0.29) is 23.5 Å². The standard InChI is InChI=1S/C31H31NO7/c1-17-7-9-19(31(2,3)4)14-21(17)28(33)26-27(18-8-11-22(36-5)24(13-18)37-6)32(30(35)29(26)34)20-10-12-23-25(15-20)39-16-38-23/h7-15,27,33H,16H2,1-6H3/b28-26+. The molecule has 8 heteroatoms. The predicted molar refractivity (Wildman–Crippen MR) is 147 cm³/mol. The van der Waals surface area contributed by atoms with Gasteiger partial charge < -0.3 is 24.1 Å². The summed E-state index contributed by atoms with van der Waals surface area (Å²) in [6, 6.07) is 15.1. The molecule has 0 spiro atoms. The first-order valence-corrected chi connectivity index (χ1v) is 12.6. The third kappa shape index (κ3) is 4.46. The minimum absolute atomic E-state index is 0.0148. The SMILES string of the molecule is COc1ccc(C2/C(=C(\O)c3cc(C(C)(C)C)ccc3C)C(=O)C(=O)N2c2ccc3c(c2)OCO3)cc1OC. The summed E-state index contributed by atoms with van der Waals surface area (Å²) >= 11 is 0. The van der Waals surface area contributed by atoms with E-state index in [1.54, 1.807) is 36.4 Å². The summed E-state index contributed by atoms with van der Waals surface area (Å²) in [4.78, 5) is 28.7. The zero-order valence-electron chi connectivity index (χ0n) is 22.8. The summed E-state index contributed by atoms with van der Waals surface area (Å²) in [6.07, 6.45) is 0. The van der Waals surface area contributed by atoms with E-state index in [1.165, 1.54) is 19.1 Å². The molecule has 2 aliphatic rings. The van der Waals surface area contributed by atoms with Crippen LogP contribution in [-0.4, -0.2) is 37.8 Å². The zero-order chi connectivity index (χ0) is 28.1. The molecule has 3 aromatic rings. The fourth-order valence-electron chi connectivity index (χ4n) is 4.96. The Morgan fingerprint density at radius 2 is 1.64 bits per heavy atom. The van der Waals surface area contributed by atoms with Crippen molar-refractivity contribution in [3.05, 3.63) is 82.4 Å². The smallest absolute Gasteiger partial charge is 0.300 e. The Labute approximate surface area is 227 Å². The Kier molecular flexibility index (Phi) is 6.50. The number of carbonyl (C=O) groups excluding carboxylic acids is 2. The number of rotatable bonds is 5. The summed E-state index contributed by atoms with van der Waals surface area (Å²) < 4.78 is 21.9. The highest BCUT2D eigenvalue weighted by Crippen LogP contribution is 2.46. The van der Waals surface area contributed by atoms with Gasteiger partial charge in [0, 0.05) is 17.3 Å². The number of amides is 1. The van der Waals surface area contributed by atoms with Gasteiger partial charge in [0.2, 0.25) is 6.79 Å². The summed E-state index contributed by atoms with van der Waals surface area (Å²) in [5.74, 6) is 0.152. The quantitative estimate of drug-likeness (QED) is 0.259. The summed E-state index contributed by atoms with van der Waals surface area (Å²) in [5.41, 5.74) is 3.05. The van der Waals surface area contributed by atoms with Crippen molar-refractivity contribution in [1.82, 2.24) is 0 Å². The minimum atomic E-state index is -0.942. The van der Waals surface area contributed by atoms with E-state index in [9.17, 15) is 14.7 Å². The number of nitrogens with zero attached hydrogens (tertiary/aromatic N) is 1. The average Bonchev–Trinajstić information content (AvgIpc) is 3.49. The minimum Gasteiger partial charge on any atom is -0.507 e. The normalized spacial score (nSPS) is 18.0. The van der Waals surface area contributed by atoms with Gasteiger partial charge in [0.25, 0.3) is 11.7 Å². The van der Waals surface area contributed by atoms with Gasteiger partial charge in [0.1, 0.15) is 5.76 Å². The van der Waals surface area contributed by atoms with Crippen molar-refractivity contribution in [3.63, 3.8) is 0 Å². The topological polar surface area (TPSA) is 94.5 Å². The van der Waals surface area contributed by atoms with E-state index in [2.05, 4.69) is 20.8 Å². The van der Waals surface area contributed by atoms with Crippen LogP contribution in [-0.2, 0) is 15.0 Å². The predicted octanol–water partition coefficient (Wildman–Crippen LogP) is 5.66. The highest BCUT2D eigenvalue weighted by Gasteiger charge is 2.47. The molecular formula is C31H31NO7. The molecule has 202 valence electrons. The van der Waals surface area contributed by atoms with Crippen LogP contribution in [0.4, 0.5) is 5.69 Å². The second-order valence-corrected chi connectivity index (χ2v) is 10.6. The van der Waals surface area contributed by atoms with E-state index in [4.69, 9.17) is 18.9 Å². The lowest BCUT2D eigenvalue weighted by Gasteiger charge is -2.26. The second-order valence-electron chi connectivity index (χ2n) is 10.6. The first kappa shape index (κ1) is 26.2. The van der Waals surface area contributed by atoms with Crippen LogP contribution in [0.2, 0.25) is 0 Å². The number of ketones is 1. The van der Waals surface area contributed by atoms with Crippen LogP contribution >= 0.6 is 0 Å². The largest absolute Gasteiger partial charge is 0.507 e. The van der Waals surface area contributed by atoms with Crippen molar-refractivity contribution in [2.24, 2.45) is 0 Å². The highest BCUT2D eigenvalue weighted by atomic mass is 16.7. The molecule has 1 amide bonds. The molecule has 0 saturated carbocycles. The van der Waals surface area contributed by atoms with Gasteiger partial charge in [-0.1, -0.05) is 39.0 Å². The van der Waals surface area contributed by atoms with Crippen LogP contribution in [0.15, 0.2) is 60.2 Å². The maximum atomic E-state index is 13.7. The first-order valence-electron chi connectivity index (χ1n) is 12.6. The number of aryl methyl sites for hydroxylation is 1. The number of hydrogen-bond acceptors (Lipinski definition) is 7. The fourth-order valence-corrected chi connectivity index (χ4v) is 4.96. The Morgan fingerprint density at radius 1 is 0.923 bits per heavy atom. The van der Waals surface area contributed by atoms with E-state index in [1.807, 2.05) is 25.1 Å². The third-order valence-corrected chi connectivity index (χ3v) is 7.16. The van der Waals surface area contributed by atoms with Gasteiger partial charge in [-0.3, -0.25) is 14.5 Å². The van der Waals surface area contributed by atoms with Crippen LogP contribution in [0.1, 0.15) is 49.1 Å². The summed E-state index contributed by atoms with van der Waals surface area (Å²) in [7, 11) is 3.04. The fraction of sp³-hybridized carbons (Fsp3) is 0.290. The van der Waals surface area contributed by atoms with Gasteiger partial charge in [-0.2, -0.15) is 0 Å². The molecule has 0 aromatic heterocycles. The van der Waals surface area contributed by atoms with E-state index < -0.39 is 17.7 Å². The van der Waals surface area contributed by atoms with Crippen molar-refractivity contribution in [2.45, 2.75) is 39.2 Å². The highest BCUT2D eigenvalue weighted by molar-refractivity contribution is 6.51. The number of methoxy groups -OCH3 is 2. The summed E-state index contributed by atoms with van der Waals surface area (Å²) in [5, 5.41) is 11.7. The monoisotopic (exact) mass is 529 g/mol. The molecule has 0 radical (unpaired) electrons. The number of hydrogen-bond donors (Lipinski definition) is 1. The molecule has 8 nitrogen and oxygen atoms in total. The Hall–Kier alpha value is -4.46.